The standard InChI is InChI=1S/C24H19ClN4O2S/c1-14-9-11-15(12-10-14)13-32-24-27-23-21(28-29-24)16-5-2-3-7-18(16)26-22(31-23)17-6-4-8-19(30)20(17)25/h2-12,22,26,30H,13H2,1H3. The van der Waals surface area contributed by atoms with Crippen molar-refractivity contribution in [2.24, 2.45) is 0 Å². The molecule has 0 spiro atoms. The Labute approximate surface area is 194 Å². The van der Waals surface area contributed by atoms with Gasteiger partial charge in [0.1, 0.15) is 5.75 Å². The van der Waals surface area contributed by atoms with Gasteiger partial charge in [0.15, 0.2) is 11.9 Å². The van der Waals surface area contributed by atoms with E-state index >= 15 is 0 Å². The molecule has 1 atom stereocenters. The van der Waals surface area contributed by atoms with Crippen molar-refractivity contribution < 1.29 is 9.84 Å². The van der Waals surface area contributed by atoms with Crippen molar-refractivity contribution in [1.29, 1.82) is 0 Å². The normalized spacial score (nSPS) is 14.5. The first-order chi connectivity index (χ1) is 15.6. The molecule has 32 heavy (non-hydrogen) atoms. The number of ether oxygens (including phenoxy) is 1. The van der Waals surface area contributed by atoms with E-state index in [1.807, 2.05) is 24.3 Å². The lowest BCUT2D eigenvalue weighted by atomic mass is 10.1. The number of aromatic nitrogens is 3. The molecule has 0 fully saturated rings. The molecule has 5 rings (SSSR count). The van der Waals surface area contributed by atoms with Crippen molar-refractivity contribution in [2.75, 3.05) is 5.32 Å². The molecule has 1 aromatic heterocycles. The number of phenols is 1. The Bertz CT molecular complexity index is 1280. The number of aromatic hydroxyl groups is 1. The predicted octanol–water partition coefficient (Wildman–Crippen LogP) is 6.00. The highest BCUT2D eigenvalue weighted by atomic mass is 35.5. The summed E-state index contributed by atoms with van der Waals surface area (Å²) in [6.45, 7) is 2.06. The van der Waals surface area contributed by atoms with Gasteiger partial charge in [-0.3, -0.25) is 0 Å². The van der Waals surface area contributed by atoms with E-state index < -0.39 is 6.23 Å². The number of aryl methyl sites for hydroxylation is 1. The number of thioether (sulfide) groups is 1. The average molecular weight is 463 g/mol. The third-order valence-electron chi connectivity index (χ3n) is 5.11. The van der Waals surface area contributed by atoms with Crippen molar-refractivity contribution in [3.05, 3.63) is 88.4 Å². The zero-order chi connectivity index (χ0) is 22.1. The highest BCUT2D eigenvalue weighted by molar-refractivity contribution is 7.98. The minimum absolute atomic E-state index is 0.0116. The first-order valence-electron chi connectivity index (χ1n) is 10.0. The van der Waals surface area contributed by atoms with Crippen LogP contribution in [0.4, 0.5) is 5.69 Å². The highest BCUT2D eigenvalue weighted by Crippen LogP contribution is 2.41. The second kappa shape index (κ2) is 8.68. The van der Waals surface area contributed by atoms with E-state index in [1.165, 1.54) is 29.0 Å². The summed E-state index contributed by atoms with van der Waals surface area (Å²) in [6, 6.07) is 21.1. The highest BCUT2D eigenvalue weighted by Gasteiger charge is 2.27. The summed E-state index contributed by atoms with van der Waals surface area (Å²) in [5.41, 5.74) is 5.19. The molecular weight excluding hydrogens is 444 g/mol. The van der Waals surface area contributed by atoms with Gasteiger partial charge in [0, 0.05) is 22.6 Å². The quantitative estimate of drug-likeness (QED) is 0.360. The Balaban J connectivity index is 1.50. The zero-order valence-electron chi connectivity index (χ0n) is 17.1. The first kappa shape index (κ1) is 20.6. The van der Waals surface area contributed by atoms with E-state index in [4.69, 9.17) is 16.3 Å². The molecule has 0 amide bonds. The molecule has 1 unspecified atom stereocenters. The number of fused-ring (bicyclic) bond motifs is 3. The molecule has 160 valence electrons. The molecule has 0 saturated heterocycles. The number of hydrogen-bond acceptors (Lipinski definition) is 7. The van der Waals surface area contributed by atoms with Crippen LogP contribution in [0.1, 0.15) is 22.9 Å². The van der Waals surface area contributed by atoms with E-state index in [0.29, 0.717) is 22.3 Å². The monoisotopic (exact) mass is 462 g/mol. The minimum atomic E-state index is -0.663. The number of hydrogen-bond donors (Lipinski definition) is 2. The van der Waals surface area contributed by atoms with Crippen LogP contribution in [0.25, 0.3) is 11.3 Å². The van der Waals surface area contributed by atoms with Gasteiger partial charge >= 0.3 is 0 Å². The number of halogens is 1. The molecule has 4 aromatic rings. The van der Waals surface area contributed by atoms with Crippen molar-refractivity contribution in [1.82, 2.24) is 15.2 Å². The van der Waals surface area contributed by atoms with E-state index in [1.54, 1.807) is 12.1 Å². The number of anilines is 1. The number of phenolic OH excluding ortho intramolecular Hbond substituents is 1. The third-order valence-corrected chi connectivity index (χ3v) is 6.43. The second-order valence-corrected chi connectivity index (χ2v) is 8.71. The van der Waals surface area contributed by atoms with Crippen LogP contribution in [0.3, 0.4) is 0 Å². The second-order valence-electron chi connectivity index (χ2n) is 7.39. The van der Waals surface area contributed by atoms with Gasteiger partial charge in [-0.15, -0.1) is 10.2 Å². The molecule has 1 aliphatic rings. The first-order valence-corrected chi connectivity index (χ1v) is 11.4. The van der Waals surface area contributed by atoms with Crippen molar-refractivity contribution in [3.63, 3.8) is 0 Å². The molecule has 6 nitrogen and oxygen atoms in total. The molecule has 3 aromatic carbocycles. The molecule has 8 heteroatoms. The number of nitrogens with zero attached hydrogens (tertiary/aromatic N) is 3. The summed E-state index contributed by atoms with van der Waals surface area (Å²) in [5, 5.41) is 22.9. The average Bonchev–Trinajstić information content (AvgIpc) is 2.97. The van der Waals surface area contributed by atoms with Gasteiger partial charge in [-0.25, -0.2) is 0 Å². The van der Waals surface area contributed by atoms with Crippen LogP contribution in [0.2, 0.25) is 5.02 Å². The van der Waals surface area contributed by atoms with E-state index in [2.05, 4.69) is 51.7 Å². The third kappa shape index (κ3) is 4.09. The maximum atomic E-state index is 10.1. The number of nitrogens with one attached hydrogen (secondary N) is 1. The molecule has 0 radical (unpaired) electrons. The molecule has 1 aliphatic heterocycles. The summed E-state index contributed by atoms with van der Waals surface area (Å²) in [7, 11) is 0. The fourth-order valence-corrected chi connectivity index (χ4v) is 4.38. The number of rotatable bonds is 4. The fraction of sp³-hybridized carbons (Fsp3) is 0.125. The Morgan fingerprint density at radius 1 is 1.03 bits per heavy atom. The van der Waals surface area contributed by atoms with Crippen LogP contribution in [0.15, 0.2) is 71.9 Å². The van der Waals surface area contributed by atoms with Crippen LogP contribution < -0.4 is 10.1 Å². The Morgan fingerprint density at radius 2 is 1.84 bits per heavy atom. The minimum Gasteiger partial charge on any atom is -0.506 e. The lowest BCUT2D eigenvalue weighted by Gasteiger charge is -2.20. The van der Waals surface area contributed by atoms with Gasteiger partial charge in [0.05, 0.1) is 5.02 Å². The van der Waals surface area contributed by atoms with Crippen LogP contribution >= 0.6 is 23.4 Å². The van der Waals surface area contributed by atoms with E-state index in [-0.39, 0.29) is 10.8 Å². The Hall–Kier alpha value is -3.29. The maximum Gasteiger partial charge on any atom is 0.247 e. The Kier molecular flexibility index (Phi) is 5.59. The van der Waals surface area contributed by atoms with E-state index in [0.717, 1.165) is 17.0 Å². The van der Waals surface area contributed by atoms with Gasteiger partial charge in [0.2, 0.25) is 11.0 Å². The lowest BCUT2D eigenvalue weighted by Crippen LogP contribution is -2.17. The van der Waals surface area contributed by atoms with Gasteiger partial charge in [0.25, 0.3) is 0 Å². The SMILES string of the molecule is Cc1ccc(CSc2nnc3c(n2)OC(c2cccc(O)c2Cl)Nc2ccccc2-3)cc1. The topological polar surface area (TPSA) is 80.2 Å². The van der Waals surface area contributed by atoms with Gasteiger partial charge in [-0.05, 0) is 24.6 Å². The zero-order valence-corrected chi connectivity index (χ0v) is 18.7. The van der Waals surface area contributed by atoms with Gasteiger partial charge in [-0.1, -0.05) is 83.5 Å². The summed E-state index contributed by atoms with van der Waals surface area (Å²) < 4.78 is 6.24. The molecule has 2 N–H and O–H groups in total. The van der Waals surface area contributed by atoms with Crippen LogP contribution in [0.5, 0.6) is 11.6 Å². The lowest BCUT2D eigenvalue weighted by molar-refractivity contribution is 0.225. The van der Waals surface area contributed by atoms with Crippen molar-refractivity contribution in [2.45, 2.75) is 24.1 Å². The fourth-order valence-electron chi connectivity index (χ4n) is 3.42. The number of benzene rings is 3. The van der Waals surface area contributed by atoms with Crippen molar-refractivity contribution >= 4 is 29.1 Å². The maximum absolute atomic E-state index is 10.1. The van der Waals surface area contributed by atoms with Crippen molar-refractivity contribution in [3.8, 4) is 22.9 Å². The summed E-state index contributed by atoms with van der Waals surface area (Å²) in [4.78, 5) is 4.65. The number of para-hydroxylation sites is 1. The molecule has 2 heterocycles. The van der Waals surface area contributed by atoms with Gasteiger partial charge < -0.3 is 15.2 Å². The molecule has 0 bridgehead atoms. The summed E-state index contributed by atoms with van der Waals surface area (Å²) in [5.74, 6) is 1.06. The largest absolute Gasteiger partial charge is 0.506 e. The van der Waals surface area contributed by atoms with Gasteiger partial charge in [-0.2, -0.15) is 4.98 Å². The smallest absolute Gasteiger partial charge is 0.247 e. The Morgan fingerprint density at radius 3 is 2.69 bits per heavy atom. The molecule has 0 saturated carbocycles. The van der Waals surface area contributed by atoms with Crippen LogP contribution in [-0.4, -0.2) is 20.3 Å². The van der Waals surface area contributed by atoms with E-state index in [9.17, 15) is 5.11 Å². The summed E-state index contributed by atoms with van der Waals surface area (Å²) >= 11 is 7.86. The molecule has 0 aliphatic carbocycles. The predicted molar refractivity (Wildman–Crippen MR) is 126 cm³/mol. The molecular formula is C24H19ClN4O2S. The van der Waals surface area contributed by atoms with Crippen LogP contribution in [0, 0.1) is 6.92 Å². The summed E-state index contributed by atoms with van der Waals surface area (Å²) in [6.07, 6.45) is -0.663. The van der Waals surface area contributed by atoms with Crippen LogP contribution in [-0.2, 0) is 5.75 Å².